The Kier molecular flexibility index (Phi) is 5.60. The molecule has 1 N–H and O–H groups in total. The van der Waals surface area contributed by atoms with E-state index in [1.807, 2.05) is 24.3 Å². The van der Waals surface area contributed by atoms with Crippen molar-refractivity contribution in [2.24, 2.45) is 0 Å². The molecule has 0 saturated heterocycles. The van der Waals surface area contributed by atoms with Crippen LogP contribution in [0, 0.1) is 0 Å². The number of anilines is 2. The van der Waals surface area contributed by atoms with Gasteiger partial charge in [-0.2, -0.15) is 13.2 Å². The van der Waals surface area contributed by atoms with Crippen molar-refractivity contribution in [2.75, 3.05) is 5.32 Å². The minimum Gasteiger partial charge on any atom is -0.437 e. The summed E-state index contributed by atoms with van der Waals surface area (Å²) in [5.74, 6) is 1.00. The van der Waals surface area contributed by atoms with E-state index in [4.69, 9.17) is 4.74 Å². The van der Waals surface area contributed by atoms with Crippen LogP contribution in [0.3, 0.4) is 0 Å². The molecule has 148 valence electrons. The van der Waals surface area contributed by atoms with Crippen LogP contribution in [-0.4, -0.2) is 16.1 Å². The number of pyridine rings is 1. The van der Waals surface area contributed by atoms with E-state index in [-0.39, 0.29) is 11.1 Å². The van der Waals surface area contributed by atoms with Gasteiger partial charge in [0, 0.05) is 17.1 Å². The van der Waals surface area contributed by atoms with Crippen molar-refractivity contribution < 1.29 is 17.9 Å². The lowest BCUT2D eigenvalue weighted by molar-refractivity contribution is -0.127. The van der Waals surface area contributed by atoms with Crippen LogP contribution < -0.4 is 10.1 Å². The predicted molar refractivity (Wildman–Crippen MR) is 105 cm³/mol. The first-order valence-corrected chi connectivity index (χ1v) is 9.50. The number of hydrogen-bond donors (Lipinski definition) is 1. The summed E-state index contributed by atoms with van der Waals surface area (Å²) in [4.78, 5) is 8.27. The number of para-hydroxylation sites is 1. The molecule has 0 unspecified atom stereocenters. The maximum Gasteiger partial charge on any atom is 0.394 e. The summed E-state index contributed by atoms with van der Waals surface area (Å²) in [6.07, 6.45) is -3.75. The van der Waals surface area contributed by atoms with Gasteiger partial charge in [-0.15, -0.1) is 11.3 Å². The Hall–Kier alpha value is -2.61. The van der Waals surface area contributed by atoms with Crippen molar-refractivity contribution in [3.63, 3.8) is 0 Å². The Bertz CT molecular complexity index is 948. The minimum absolute atomic E-state index is 0.0237. The van der Waals surface area contributed by atoms with E-state index in [2.05, 4.69) is 36.1 Å². The highest BCUT2D eigenvalue weighted by Gasteiger charge is 2.29. The molecule has 0 aliphatic carbocycles. The van der Waals surface area contributed by atoms with Gasteiger partial charge >= 0.3 is 6.18 Å². The molecule has 0 aliphatic rings. The molecule has 0 bridgehead atoms. The highest BCUT2D eigenvalue weighted by Crippen LogP contribution is 2.36. The number of ether oxygens (including phenoxy) is 1. The lowest BCUT2D eigenvalue weighted by Gasteiger charge is -2.22. The van der Waals surface area contributed by atoms with Crippen LogP contribution in [0.2, 0.25) is 0 Å². The molecule has 28 heavy (non-hydrogen) atoms. The molecule has 0 atom stereocenters. The first-order chi connectivity index (χ1) is 13.1. The minimum atomic E-state index is -4.29. The molecule has 3 rings (SSSR count). The molecule has 0 saturated carbocycles. The van der Waals surface area contributed by atoms with Crippen LogP contribution in [-0.2, 0) is 11.8 Å². The number of halogens is 3. The first-order valence-electron chi connectivity index (χ1n) is 8.62. The van der Waals surface area contributed by atoms with E-state index in [1.165, 1.54) is 5.38 Å². The molecule has 0 amide bonds. The van der Waals surface area contributed by atoms with E-state index >= 15 is 0 Å². The average Bonchev–Trinajstić information content (AvgIpc) is 3.01. The lowest BCUT2D eigenvalue weighted by Crippen LogP contribution is -2.12. The maximum absolute atomic E-state index is 12.5. The Morgan fingerprint density at radius 1 is 1.07 bits per heavy atom. The lowest BCUT2D eigenvalue weighted by atomic mass is 9.86. The topological polar surface area (TPSA) is 47.0 Å². The fourth-order valence-electron chi connectivity index (χ4n) is 2.61. The number of thiazole rings is 1. The summed E-state index contributed by atoms with van der Waals surface area (Å²) in [5, 5.41) is 4.75. The van der Waals surface area contributed by atoms with Gasteiger partial charge in [0.15, 0.2) is 5.13 Å². The van der Waals surface area contributed by atoms with E-state index in [9.17, 15) is 13.2 Å². The molecule has 2 aromatic heterocycles. The van der Waals surface area contributed by atoms with Crippen LogP contribution in [0.4, 0.5) is 24.0 Å². The fraction of sp³-hybridized carbons (Fsp3) is 0.300. The quantitative estimate of drug-likeness (QED) is 0.526. The summed E-state index contributed by atoms with van der Waals surface area (Å²) >= 11 is 1.10. The molecule has 0 radical (unpaired) electrons. The van der Waals surface area contributed by atoms with Gasteiger partial charge < -0.3 is 10.1 Å². The maximum atomic E-state index is 12.5. The standard InChI is InChI=1S/C20H20F3N3OS/c1-19(2,3)14-7-4-5-9-16(14)27-17-15(8-6-10-24-17)26-18-25-13(12-28-18)11-20(21,22)23/h4-10,12H,11H2,1-3H3,(H,25,26). The van der Waals surface area contributed by atoms with Crippen molar-refractivity contribution in [3.05, 3.63) is 59.2 Å². The van der Waals surface area contributed by atoms with Crippen molar-refractivity contribution in [1.29, 1.82) is 0 Å². The normalized spacial score (nSPS) is 12.1. The smallest absolute Gasteiger partial charge is 0.394 e. The van der Waals surface area contributed by atoms with Crippen molar-refractivity contribution in [2.45, 2.75) is 38.8 Å². The Labute approximate surface area is 165 Å². The number of nitrogens with one attached hydrogen (secondary N) is 1. The van der Waals surface area contributed by atoms with Crippen molar-refractivity contribution >= 4 is 22.2 Å². The molecule has 0 aliphatic heterocycles. The van der Waals surface area contributed by atoms with Gasteiger partial charge in [0.25, 0.3) is 0 Å². The zero-order valence-corrected chi connectivity index (χ0v) is 16.5. The second-order valence-corrected chi connectivity index (χ2v) is 8.12. The predicted octanol–water partition coefficient (Wildman–Crippen LogP) is 6.48. The SMILES string of the molecule is CC(C)(C)c1ccccc1Oc1ncccc1Nc1nc(CC(F)(F)F)cs1. The van der Waals surface area contributed by atoms with Crippen LogP contribution in [0.1, 0.15) is 32.0 Å². The van der Waals surface area contributed by atoms with Gasteiger partial charge in [-0.3, -0.25) is 0 Å². The van der Waals surface area contributed by atoms with E-state index in [0.29, 0.717) is 22.4 Å². The highest BCUT2D eigenvalue weighted by molar-refractivity contribution is 7.13. The Balaban J connectivity index is 1.84. The summed E-state index contributed by atoms with van der Waals surface area (Å²) in [5.41, 5.74) is 1.40. The van der Waals surface area contributed by atoms with E-state index in [1.54, 1.807) is 18.3 Å². The molecular formula is C20H20F3N3OS. The fourth-order valence-corrected chi connectivity index (χ4v) is 3.34. The molecule has 4 nitrogen and oxygen atoms in total. The van der Waals surface area contributed by atoms with Crippen LogP contribution >= 0.6 is 11.3 Å². The molecular weight excluding hydrogens is 387 g/mol. The third-order valence-corrected chi connectivity index (χ3v) is 4.65. The van der Waals surface area contributed by atoms with E-state index < -0.39 is 12.6 Å². The number of aromatic nitrogens is 2. The zero-order chi connectivity index (χ0) is 20.4. The number of benzene rings is 1. The highest BCUT2D eigenvalue weighted by atomic mass is 32.1. The van der Waals surface area contributed by atoms with Gasteiger partial charge in [0.1, 0.15) is 11.4 Å². The van der Waals surface area contributed by atoms with Gasteiger partial charge in [-0.05, 0) is 23.6 Å². The molecule has 8 heteroatoms. The summed E-state index contributed by atoms with van der Waals surface area (Å²) in [6, 6.07) is 11.1. The number of nitrogens with zero attached hydrogens (tertiary/aromatic N) is 2. The molecule has 2 heterocycles. The first kappa shape index (κ1) is 20.1. The summed E-state index contributed by atoms with van der Waals surface area (Å²) < 4.78 is 43.6. The largest absolute Gasteiger partial charge is 0.437 e. The third kappa shape index (κ3) is 5.22. The van der Waals surface area contributed by atoms with Crippen LogP contribution in [0.15, 0.2) is 48.0 Å². The number of rotatable bonds is 5. The van der Waals surface area contributed by atoms with E-state index in [0.717, 1.165) is 16.9 Å². The number of alkyl halides is 3. The number of hydrogen-bond acceptors (Lipinski definition) is 5. The molecule has 0 fully saturated rings. The van der Waals surface area contributed by atoms with Crippen molar-refractivity contribution in [1.82, 2.24) is 9.97 Å². The molecule has 1 aromatic carbocycles. The van der Waals surface area contributed by atoms with Gasteiger partial charge in [0.2, 0.25) is 5.88 Å². The second-order valence-electron chi connectivity index (χ2n) is 7.27. The Morgan fingerprint density at radius 2 is 1.82 bits per heavy atom. The second kappa shape index (κ2) is 7.79. The molecule has 3 aromatic rings. The monoisotopic (exact) mass is 407 g/mol. The van der Waals surface area contributed by atoms with Crippen molar-refractivity contribution in [3.8, 4) is 11.6 Å². The summed E-state index contributed by atoms with van der Waals surface area (Å²) in [7, 11) is 0. The summed E-state index contributed by atoms with van der Waals surface area (Å²) in [6.45, 7) is 6.26. The average molecular weight is 407 g/mol. The van der Waals surface area contributed by atoms with Gasteiger partial charge in [-0.25, -0.2) is 9.97 Å². The third-order valence-electron chi connectivity index (χ3n) is 3.85. The van der Waals surface area contributed by atoms with Crippen LogP contribution in [0.5, 0.6) is 11.6 Å². The zero-order valence-electron chi connectivity index (χ0n) is 15.7. The van der Waals surface area contributed by atoms with Gasteiger partial charge in [0.05, 0.1) is 12.1 Å². The van der Waals surface area contributed by atoms with Gasteiger partial charge in [-0.1, -0.05) is 39.0 Å². The van der Waals surface area contributed by atoms with Crippen LogP contribution in [0.25, 0.3) is 0 Å². The Morgan fingerprint density at radius 3 is 2.54 bits per heavy atom. The molecule has 0 spiro atoms.